The molecule has 18 heavy (non-hydrogen) atoms. The second-order valence-corrected chi connectivity index (χ2v) is 6.54. The van der Waals surface area contributed by atoms with Crippen LogP contribution in [0.5, 0.6) is 5.75 Å². The molecule has 0 aliphatic heterocycles. The SMILES string of the molecule is NS(=O)(=O)CCCNC(=O)c1ccc(I)c(O)c1. The van der Waals surface area contributed by atoms with Gasteiger partial charge in [-0.2, -0.15) is 0 Å². The number of phenolic OH excluding ortho intramolecular Hbond substituents is 1. The Morgan fingerprint density at radius 2 is 2.11 bits per heavy atom. The number of halogens is 1. The number of carbonyl (C=O) groups excluding carboxylic acids is 1. The molecule has 0 heterocycles. The van der Waals surface area contributed by atoms with Gasteiger partial charge in [0.25, 0.3) is 5.91 Å². The summed E-state index contributed by atoms with van der Waals surface area (Å²) < 4.78 is 22.0. The summed E-state index contributed by atoms with van der Waals surface area (Å²) in [4.78, 5) is 11.6. The summed E-state index contributed by atoms with van der Waals surface area (Å²) >= 11 is 1.95. The third-order valence-corrected chi connectivity index (χ3v) is 3.87. The Balaban J connectivity index is 2.48. The number of primary sulfonamides is 1. The van der Waals surface area contributed by atoms with E-state index in [-0.39, 0.29) is 30.4 Å². The van der Waals surface area contributed by atoms with Crippen molar-refractivity contribution in [3.63, 3.8) is 0 Å². The third kappa shape index (κ3) is 5.19. The molecule has 0 atom stereocenters. The zero-order chi connectivity index (χ0) is 13.8. The van der Waals surface area contributed by atoms with Crippen LogP contribution in [0, 0.1) is 3.57 Å². The predicted molar refractivity (Wildman–Crippen MR) is 75.7 cm³/mol. The van der Waals surface area contributed by atoms with E-state index >= 15 is 0 Å². The van der Waals surface area contributed by atoms with Gasteiger partial charge in [0.15, 0.2) is 0 Å². The lowest BCUT2D eigenvalue weighted by molar-refractivity contribution is 0.0953. The molecular formula is C10H13IN2O4S. The number of phenols is 1. The summed E-state index contributed by atoms with van der Waals surface area (Å²) in [5.74, 6) is -0.505. The lowest BCUT2D eigenvalue weighted by atomic mass is 10.2. The molecule has 8 heteroatoms. The summed E-state index contributed by atoms with van der Waals surface area (Å²) in [6.07, 6.45) is 0.251. The van der Waals surface area contributed by atoms with E-state index < -0.39 is 10.0 Å². The molecule has 1 aromatic carbocycles. The lowest BCUT2D eigenvalue weighted by Crippen LogP contribution is -2.27. The maximum Gasteiger partial charge on any atom is 0.251 e. The molecule has 4 N–H and O–H groups in total. The monoisotopic (exact) mass is 384 g/mol. The summed E-state index contributed by atoms with van der Waals surface area (Å²) in [6, 6.07) is 4.56. The van der Waals surface area contributed by atoms with Crippen molar-refractivity contribution in [2.45, 2.75) is 6.42 Å². The van der Waals surface area contributed by atoms with E-state index in [0.717, 1.165) is 0 Å². The highest BCUT2D eigenvalue weighted by Crippen LogP contribution is 2.20. The van der Waals surface area contributed by atoms with Crippen molar-refractivity contribution < 1.29 is 18.3 Å². The molecule has 0 aliphatic carbocycles. The number of amides is 1. The standard InChI is InChI=1S/C10H13IN2O4S/c11-8-3-2-7(6-9(8)14)10(15)13-4-1-5-18(12,16)17/h2-3,6,14H,1,4-5H2,(H,13,15)(H2,12,16,17). The van der Waals surface area contributed by atoms with Crippen LogP contribution in [0.1, 0.15) is 16.8 Å². The van der Waals surface area contributed by atoms with Gasteiger partial charge >= 0.3 is 0 Å². The molecule has 0 bridgehead atoms. The number of benzene rings is 1. The minimum absolute atomic E-state index is 0.0350. The highest BCUT2D eigenvalue weighted by atomic mass is 127. The van der Waals surface area contributed by atoms with E-state index in [1.54, 1.807) is 12.1 Å². The Hall–Kier alpha value is -0.870. The fourth-order valence-corrected chi connectivity index (χ4v) is 2.11. The fraction of sp³-hybridized carbons (Fsp3) is 0.300. The molecule has 0 radical (unpaired) electrons. The van der Waals surface area contributed by atoms with Gasteiger partial charge in [0.2, 0.25) is 10.0 Å². The van der Waals surface area contributed by atoms with Crippen molar-refractivity contribution in [3.8, 4) is 5.75 Å². The van der Waals surface area contributed by atoms with Crippen LogP contribution in [-0.4, -0.2) is 31.7 Å². The Kier molecular flexibility index (Phi) is 5.35. The van der Waals surface area contributed by atoms with Gasteiger partial charge in [0.1, 0.15) is 5.75 Å². The van der Waals surface area contributed by atoms with Gasteiger partial charge < -0.3 is 10.4 Å². The number of hydrogen-bond acceptors (Lipinski definition) is 4. The summed E-state index contributed by atoms with van der Waals surface area (Å²) in [5, 5.41) is 16.8. The molecule has 1 amide bonds. The van der Waals surface area contributed by atoms with Crippen molar-refractivity contribution >= 4 is 38.5 Å². The van der Waals surface area contributed by atoms with E-state index in [1.807, 2.05) is 22.6 Å². The number of carbonyl (C=O) groups is 1. The van der Waals surface area contributed by atoms with Crippen molar-refractivity contribution in [3.05, 3.63) is 27.3 Å². The summed E-state index contributed by atoms with van der Waals surface area (Å²) in [6.45, 7) is 0.210. The molecular weight excluding hydrogens is 371 g/mol. The number of nitrogens with one attached hydrogen (secondary N) is 1. The van der Waals surface area contributed by atoms with Gasteiger partial charge in [-0.1, -0.05) is 0 Å². The van der Waals surface area contributed by atoms with Crippen LogP contribution in [0.4, 0.5) is 0 Å². The molecule has 0 aromatic heterocycles. The van der Waals surface area contributed by atoms with Crippen LogP contribution in [0.2, 0.25) is 0 Å². The molecule has 6 nitrogen and oxygen atoms in total. The Morgan fingerprint density at radius 1 is 1.44 bits per heavy atom. The zero-order valence-corrected chi connectivity index (χ0v) is 12.4. The molecule has 100 valence electrons. The minimum atomic E-state index is -3.49. The van der Waals surface area contributed by atoms with Crippen LogP contribution in [0.3, 0.4) is 0 Å². The summed E-state index contributed by atoms with van der Waals surface area (Å²) in [7, 11) is -3.49. The number of hydrogen-bond donors (Lipinski definition) is 3. The quantitative estimate of drug-likeness (QED) is 0.505. The number of aromatic hydroxyl groups is 1. The van der Waals surface area contributed by atoms with Crippen molar-refractivity contribution in [1.29, 1.82) is 0 Å². The second-order valence-electron chi connectivity index (χ2n) is 3.64. The molecule has 1 rings (SSSR count). The fourth-order valence-electron chi connectivity index (χ4n) is 1.23. The van der Waals surface area contributed by atoms with Crippen molar-refractivity contribution in [1.82, 2.24) is 5.32 Å². The van der Waals surface area contributed by atoms with E-state index in [4.69, 9.17) is 5.14 Å². The van der Waals surface area contributed by atoms with E-state index in [1.165, 1.54) is 6.07 Å². The average Bonchev–Trinajstić information content (AvgIpc) is 2.26. The predicted octanol–water partition coefficient (Wildman–Crippen LogP) is 0.405. The number of sulfonamides is 1. The molecule has 0 saturated carbocycles. The first-order valence-electron chi connectivity index (χ1n) is 5.07. The topological polar surface area (TPSA) is 109 Å². The maximum atomic E-state index is 11.6. The molecule has 0 fully saturated rings. The van der Waals surface area contributed by atoms with Gasteiger partial charge in [-0.15, -0.1) is 0 Å². The third-order valence-electron chi connectivity index (χ3n) is 2.10. The highest BCUT2D eigenvalue weighted by Gasteiger charge is 2.08. The van der Waals surface area contributed by atoms with Crippen LogP contribution in [0.25, 0.3) is 0 Å². The first kappa shape index (κ1) is 15.2. The molecule has 0 unspecified atom stereocenters. The van der Waals surface area contributed by atoms with Gasteiger partial charge in [0.05, 0.1) is 9.32 Å². The van der Waals surface area contributed by atoms with Gasteiger partial charge in [-0.05, 0) is 47.2 Å². The molecule has 0 saturated heterocycles. The minimum Gasteiger partial charge on any atom is -0.507 e. The second kappa shape index (κ2) is 6.34. The number of rotatable bonds is 5. The highest BCUT2D eigenvalue weighted by molar-refractivity contribution is 14.1. The zero-order valence-electron chi connectivity index (χ0n) is 9.39. The Bertz CT molecular complexity index is 545. The number of nitrogens with two attached hydrogens (primary N) is 1. The molecule has 0 aliphatic rings. The first-order chi connectivity index (χ1) is 8.29. The smallest absolute Gasteiger partial charge is 0.251 e. The van der Waals surface area contributed by atoms with E-state index in [2.05, 4.69) is 5.32 Å². The van der Waals surface area contributed by atoms with Crippen LogP contribution in [-0.2, 0) is 10.0 Å². The lowest BCUT2D eigenvalue weighted by Gasteiger charge is -2.05. The largest absolute Gasteiger partial charge is 0.507 e. The van der Waals surface area contributed by atoms with Gasteiger partial charge in [-0.3, -0.25) is 4.79 Å². The van der Waals surface area contributed by atoms with Crippen LogP contribution >= 0.6 is 22.6 Å². The maximum absolute atomic E-state index is 11.6. The molecule has 1 aromatic rings. The van der Waals surface area contributed by atoms with E-state index in [9.17, 15) is 18.3 Å². The van der Waals surface area contributed by atoms with Crippen molar-refractivity contribution in [2.75, 3.05) is 12.3 Å². The van der Waals surface area contributed by atoms with E-state index in [0.29, 0.717) is 9.13 Å². The van der Waals surface area contributed by atoms with Crippen LogP contribution in [0.15, 0.2) is 18.2 Å². The van der Waals surface area contributed by atoms with Gasteiger partial charge in [0, 0.05) is 12.1 Å². The average molecular weight is 384 g/mol. The Morgan fingerprint density at radius 3 is 2.67 bits per heavy atom. The molecule has 0 spiro atoms. The Labute approximate surface area is 119 Å². The van der Waals surface area contributed by atoms with Gasteiger partial charge in [-0.25, -0.2) is 13.6 Å². The normalized spacial score (nSPS) is 11.2. The summed E-state index contributed by atoms with van der Waals surface area (Å²) in [5.41, 5.74) is 0.323. The first-order valence-corrected chi connectivity index (χ1v) is 7.86. The van der Waals surface area contributed by atoms with Crippen LogP contribution < -0.4 is 10.5 Å². The van der Waals surface area contributed by atoms with Crippen molar-refractivity contribution in [2.24, 2.45) is 5.14 Å².